The molecule has 0 aliphatic carbocycles. The number of hydrogen-bond acceptors (Lipinski definition) is 4. The van der Waals surface area contributed by atoms with Crippen LogP contribution in [0.5, 0.6) is 0 Å². The van der Waals surface area contributed by atoms with Crippen LogP contribution >= 0.6 is 0 Å². The Morgan fingerprint density at radius 3 is 2.55 bits per heavy atom. The Morgan fingerprint density at radius 2 is 1.87 bits per heavy atom. The first-order valence-corrected chi connectivity index (χ1v) is 10.8. The highest BCUT2D eigenvalue weighted by Gasteiger charge is 2.36. The minimum absolute atomic E-state index is 0.0924. The molecule has 164 valence electrons. The molecule has 1 atom stereocenters. The van der Waals surface area contributed by atoms with Gasteiger partial charge in [-0.05, 0) is 56.0 Å². The average Bonchev–Trinajstić information content (AvgIpc) is 3.14. The Morgan fingerprint density at radius 1 is 1.13 bits per heavy atom. The van der Waals surface area contributed by atoms with Crippen molar-refractivity contribution in [3.05, 3.63) is 59.2 Å². The highest BCUT2D eigenvalue weighted by atomic mass is 16.5. The molecule has 1 aliphatic heterocycles. The average molecular weight is 423 g/mol. The van der Waals surface area contributed by atoms with Crippen molar-refractivity contribution in [1.29, 1.82) is 0 Å². The number of aryl methyl sites for hydroxylation is 3. The highest BCUT2D eigenvalue weighted by Crippen LogP contribution is 2.26. The van der Waals surface area contributed by atoms with Gasteiger partial charge in [0.15, 0.2) is 6.61 Å². The highest BCUT2D eigenvalue weighted by molar-refractivity contribution is 6.00. The van der Waals surface area contributed by atoms with E-state index in [4.69, 9.17) is 4.74 Å². The normalized spacial score (nSPS) is 15.8. The van der Waals surface area contributed by atoms with E-state index < -0.39 is 17.8 Å². The van der Waals surface area contributed by atoms with E-state index in [1.54, 1.807) is 4.90 Å². The maximum absolute atomic E-state index is 12.4. The van der Waals surface area contributed by atoms with E-state index >= 15 is 0 Å². The zero-order chi connectivity index (χ0) is 22.4. The van der Waals surface area contributed by atoms with Gasteiger partial charge in [0.2, 0.25) is 5.91 Å². The lowest BCUT2D eigenvalue weighted by Gasteiger charge is -2.17. The number of esters is 1. The van der Waals surface area contributed by atoms with E-state index in [2.05, 4.69) is 12.2 Å². The van der Waals surface area contributed by atoms with E-state index in [0.717, 1.165) is 36.1 Å². The van der Waals surface area contributed by atoms with Gasteiger partial charge in [0.25, 0.3) is 5.91 Å². The fourth-order valence-electron chi connectivity index (χ4n) is 3.73. The van der Waals surface area contributed by atoms with Gasteiger partial charge in [-0.1, -0.05) is 43.2 Å². The summed E-state index contributed by atoms with van der Waals surface area (Å²) < 4.78 is 5.19. The predicted molar refractivity (Wildman–Crippen MR) is 121 cm³/mol. The number of unbranched alkanes of at least 4 members (excludes halogenated alkanes) is 1. The molecule has 1 saturated heterocycles. The van der Waals surface area contributed by atoms with Crippen LogP contribution in [0.1, 0.15) is 42.9 Å². The van der Waals surface area contributed by atoms with Gasteiger partial charge >= 0.3 is 5.97 Å². The first-order chi connectivity index (χ1) is 14.9. The Balaban J connectivity index is 1.51. The van der Waals surface area contributed by atoms with Crippen molar-refractivity contribution >= 4 is 29.2 Å². The fraction of sp³-hybridized carbons (Fsp3) is 0.400. The van der Waals surface area contributed by atoms with Crippen LogP contribution in [-0.2, 0) is 25.5 Å². The smallest absolute Gasteiger partial charge is 0.311 e. The molecule has 1 fully saturated rings. The molecule has 0 bridgehead atoms. The molecule has 0 spiro atoms. The summed E-state index contributed by atoms with van der Waals surface area (Å²) in [6.45, 7) is 5.94. The number of benzene rings is 2. The van der Waals surface area contributed by atoms with Gasteiger partial charge in [-0.25, -0.2) is 0 Å². The lowest BCUT2D eigenvalue weighted by Crippen LogP contribution is -2.28. The standard InChI is InChI=1S/C25H30N2O4/c1-4-5-6-19-8-10-21(11-9-19)27-15-20(14-24(27)29)25(30)31-16-23(28)26-22-12-7-17(2)13-18(22)3/h7-13,20H,4-6,14-16H2,1-3H3,(H,26,28)/t20-/m0/s1. The third-order valence-corrected chi connectivity index (χ3v) is 5.53. The molecule has 2 amide bonds. The maximum atomic E-state index is 12.4. The van der Waals surface area contributed by atoms with Crippen molar-refractivity contribution in [3.8, 4) is 0 Å². The van der Waals surface area contributed by atoms with E-state index in [0.29, 0.717) is 5.69 Å². The van der Waals surface area contributed by atoms with Crippen LogP contribution in [0, 0.1) is 19.8 Å². The molecule has 1 heterocycles. The van der Waals surface area contributed by atoms with Gasteiger partial charge < -0.3 is 15.0 Å². The Kier molecular flexibility index (Phi) is 7.45. The van der Waals surface area contributed by atoms with Crippen molar-refractivity contribution in [2.24, 2.45) is 5.92 Å². The van der Waals surface area contributed by atoms with Gasteiger partial charge in [-0.2, -0.15) is 0 Å². The van der Waals surface area contributed by atoms with Gasteiger partial charge in [0.05, 0.1) is 5.92 Å². The Hall–Kier alpha value is -3.15. The van der Waals surface area contributed by atoms with Crippen molar-refractivity contribution in [1.82, 2.24) is 0 Å². The first kappa shape index (κ1) is 22.5. The summed E-state index contributed by atoms with van der Waals surface area (Å²) in [6, 6.07) is 13.6. The third-order valence-electron chi connectivity index (χ3n) is 5.53. The summed E-state index contributed by atoms with van der Waals surface area (Å²) >= 11 is 0. The summed E-state index contributed by atoms with van der Waals surface area (Å²) in [7, 11) is 0. The Labute approximate surface area is 183 Å². The van der Waals surface area contributed by atoms with Crippen LogP contribution in [0.2, 0.25) is 0 Å². The second-order valence-electron chi connectivity index (χ2n) is 8.15. The fourth-order valence-corrected chi connectivity index (χ4v) is 3.73. The number of rotatable bonds is 8. The summed E-state index contributed by atoms with van der Waals surface area (Å²) in [6.07, 6.45) is 3.38. The molecule has 1 N–H and O–H groups in total. The van der Waals surface area contributed by atoms with E-state index in [9.17, 15) is 14.4 Å². The van der Waals surface area contributed by atoms with Gasteiger partial charge in [-0.3, -0.25) is 14.4 Å². The largest absolute Gasteiger partial charge is 0.455 e. The van der Waals surface area contributed by atoms with E-state index in [1.807, 2.05) is 56.3 Å². The van der Waals surface area contributed by atoms with Crippen molar-refractivity contribution < 1.29 is 19.1 Å². The van der Waals surface area contributed by atoms with Crippen molar-refractivity contribution in [2.45, 2.75) is 46.5 Å². The molecule has 6 nitrogen and oxygen atoms in total. The molecule has 1 aliphatic rings. The molecule has 0 aromatic heterocycles. The van der Waals surface area contributed by atoms with Crippen molar-refractivity contribution in [3.63, 3.8) is 0 Å². The number of nitrogens with zero attached hydrogens (tertiary/aromatic N) is 1. The van der Waals surface area contributed by atoms with Crippen LogP contribution in [0.4, 0.5) is 11.4 Å². The monoisotopic (exact) mass is 422 g/mol. The molecule has 31 heavy (non-hydrogen) atoms. The molecule has 2 aromatic carbocycles. The molecular weight excluding hydrogens is 392 g/mol. The van der Waals surface area contributed by atoms with Gasteiger partial charge in [0, 0.05) is 24.3 Å². The minimum Gasteiger partial charge on any atom is -0.455 e. The zero-order valence-electron chi connectivity index (χ0n) is 18.4. The number of carbonyl (C=O) groups is 3. The summed E-state index contributed by atoms with van der Waals surface area (Å²) in [4.78, 5) is 38.6. The molecule has 3 rings (SSSR count). The number of amides is 2. The van der Waals surface area contributed by atoms with Crippen molar-refractivity contribution in [2.75, 3.05) is 23.4 Å². The van der Waals surface area contributed by atoms with Crippen LogP contribution < -0.4 is 10.2 Å². The van der Waals surface area contributed by atoms with E-state index in [1.165, 1.54) is 5.56 Å². The van der Waals surface area contributed by atoms with Crippen LogP contribution in [-0.4, -0.2) is 30.9 Å². The summed E-state index contributed by atoms with van der Waals surface area (Å²) in [5.41, 5.74) is 4.76. The quantitative estimate of drug-likeness (QED) is 0.648. The van der Waals surface area contributed by atoms with Crippen LogP contribution in [0.3, 0.4) is 0 Å². The molecular formula is C25H30N2O4. The molecule has 6 heteroatoms. The zero-order valence-corrected chi connectivity index (χ0v) is 18.4. The Bertz CT molecular complexity index is 952. The predicted octanol–water partition coefficient (Wildman–Crippen LogP) is 4.18. The van der Waals surface area contributed by atoms with Gasteiger partial charge in [-0.15, -0.1) is 0 Å². The number of anilines is 2. The van der Waals surface area contributed by atoms with Gasteiger partial charge in [0.1, 0.15) is 0 Å². The number of nitrogens with one attached hydrogen (secondary N) is 1. The molecule has 0 radical (unpaired) electrons. The number of hydrogen-bond donors (Lipinski definition) is 1. The molecule has 0 unspecified atom stereocenters. The lowest BCUT2D eigenvalue weighted by atomic mass is 10.1. The number of ether oxygens (including phenoxy) is 1. The van der Waals surface area contributed by atoms with E-state index in [-0.39, 0.29) is 25.5 Å². The minimum atomic E-state index is -0.568. The molecule has 0 saturated carbocycles. The second kappa shape index (κ2) is 10.2. The maximum Gasteiger partial charge on any atom is 0.311 e. The number of carbonyl (C=O) groups excluding carboxylic acids is 3. The summed E-state index contributed by atoms with van der Waals surface area (Å²) in [5, 5.41) is 2.75. The SMILES string of the molecule is CCCCc1ccc(N2C[C@@H](C(=O)OCC(=O)Nc3ccc(C)cc3C)CC2=O)cc1. The third kappa shape index (κ3) is 5.94. The molecule has 2 aromatic rings. The topological polar surface area (TPSA) is 75.7 Å². The first-order valence-electron chi connectivity index (χ1n) is 10.8. The summed E-state index contributed by atoms with van der Waals surface area (Å²) in [5.74, 6) is -1.60. The lowest BCUT2D eigenvalue weighted by molar-refractivity contribution is -0.151. The van der Waals surface area contributed by atoms with Crippen LogP contribution in [0.25, 0.3) is 0 Å². The second-order valence-corrected chi connectivity index (χ2v) is 8.15. The van der Waals surface area contributed by atoms with Crippen LogP contribution in [0.15, 0.2) is 42.5 Å².